The van der Waals surface area contributed by atoms with E-state index >= 15 is 0 Å². The predicted molar refractivity (Wildman–Crippen MR) is 81.2 cm³/mol. The zero-order valence-corrected chi connectivity index (χ0v) is 12.9. The van der Waals surface area contributed by atoms with Crippen molar-refractivity contribution in [2.45, 2.75) is 13.8 Å². The standard InChI is InChI=1S/C12H13BrClN5/c1-3-15-11-17-10(14)18-12(19-11)16-9-5-4-8(13)6-7(9)2/h4-6H,3H2,1-2H3,(H2,15,16,17,18,19). The van der Waals surface area contributed by atoms with Crippen molar-refractivity contribution in [2.24, 2.45) is 0 Å². The van der Waals surface area contributed by atoms with Crippen molar-refractivity contribution in [3.8, 4) is 0 Å². The number of anilines is 3. The largest absolute Gasteiger partial charge is 0.354 e. The van der Waals surface area contributed by atoms with Gasteiger partial charge in [0.2, 0.25) is 17.2 Å². The molecule has 0 aliphatic rings. The number of aromatic nitrogens is 3. The molecule has 5 nitrogen and oxygen atoms in total. The molecule has 7 heteroatoms. The first-order valence-electron chi connectivity index (χ1n) is 5.77. The Kier molecular flexibility index (Phi) is 4.55. The number of hydrogen-bond acceptors (Lipinski definition) is 5. The van der Waals surface area contributed by atoms with Crippen LogP contribution in [0, 0.1) is 6.92 Å². The van der Waals surface area contributed by atoms with Crippen LogP contribution < -0.4 is 10.6 Å². The Morgan fingerprint density at radius 2 is 1.95 bits per heavy atom. The molecular formula is C12H13BrClN5. The van der Waals surface area contributed by atoms with E-state index in [0.29, 0.717) is 11.9 Å². The maximum atomic E-state index is 5.87. The Bertz CT molecular complexity index is 590. The molecule has 0 fully saturated rings. The van der Waals surface area contributed by atoms with E-state index in [1.807, 2.05) is 32.0 Å². The minimum atomic E-state index is 0.156. The molecule has 19 heavy (non-hydrogen) atoms. The van der Waals surface area contributed by atoms with E-state index in [1.54, 1.807) is 0 Å². The third-order valence-corrected chi connectivity index (χ3v) is 3.04. The smallest absolute Gasteiger partial charge is 0.233 e. The van der Waals surface area contributed by atoms with Gasteiger partial charge < -0.3 is 10.6 Å². The topological polar surface area (TPSA) is 62.7 Å². The van der Waals surface area contributed by atoms with Gasteiger partial charge in [0.1, 0.15) is 0 Å². The third-order valence-electron chi connectivity index (χ3n) is 2.38. The average Bonchev–Trinajstić information content (AvgIpc) is 2.32. The summed E-state index contributed by atoms with van der Waals surface area (Å²) in [5.74, 6) is 0.876. The van der Waals surface area contributed by atoms with Crippen molar-refractivity contribution in [1.82, 2.24) is 15.0 Å². The molecule has 0 unspecified atom stereocenters. The quantitative estimate of drug-likeness (QED) is 0.885. The molecule has 0 amide bonds. The van der Waals surface area contributed by atoms with E-state index in [9.17, 15) is 0 Å². The van der Waals surface area contributed by atoms with Crippen LogP contribution in [-0.2, 0) is 0 Å². The van der Waals surface area contributed by atoms with E-state index in [1.165, 1.54) is 0 Å². The molecule has 0 atom stereocenters. The molecule has 1 aromatic heterocycles. The lowest BCUT2D eigenvalue weighted by Gasteiger charge is -2.09. The lowest BCUT2D eigenvalue weighted by atomic mass is 10.2. The summed E-state index contributed by atoms with van der Waals surface area (Å²) in [6.07, 6.45) is 0. The molecule has 0 aliphatic heterocycles. The first-order chi connectivity index (χ1) is 9.08. The van der Waals surface area contributed by atoms with E-state index in [0.717, 1.165) is 22.3 Å². The Morgan fingerprint density at radius 3 is 2.63 bits per heavy atom. The molecule has 0 aliphatic carbocycles. The van der Waals surface area contributed by atoms with Gasteiger partial charge in [-0.15, -0.1) is 0 Å². The summed E-state index contributed by atoms with van der Waals surface area (Å²) in [5, 5.41) is 6.29. The number of nitrogens with one attached hydrogen (secondary N) is 2. The van der Waals surface area contributed by atoms with Crippen molar-refractivity contribution in [3.63, 3.8) is 0 Å². The highest BCUT2D eigenvalue weighted by Crippen LogP contribution is 2.23. The van der Waals surface area contributed by atoms with Gasteiger partial charge in [0.25, 0.3) is 0 Å². The Morgan fingerprint density at radius 1 is 1.21 bits per heavy atom. The van der Waals surface area contributed by atoms with E-state index < -0.39 is 0 Å². The number of benzene rings is 1. The first kappa shape index (κ1) is 14.0. The SMILES string of the molecule is CCNc1nc(Cl)nc(Nc2ccc(Br)cc2C)n1. The van der Waals surface area contributed by atoms with Crippen LogP contribution in [0.15, 0.2) is 22.7 Å². The van der Waals surface area contributed by atoms with Crippen molar-refractivity contribution in [1.29, 1.82) is 0 Å². The molecular weight excluding hydrogens is 330 g/mol. The van der Waals surface area contributed by atoms with Crippen LogP contribution in [0.4, 0.5) is 17.6 Å². The fourth-order valence-corrected chi connectivity index (χ4v) is 2.17. The number of rotatable bonds is 4. The van der Waals surface area contributed by atoms with Crippen LogP contribution >= 0.6 is 27.5 Å². The summed E-state index contributed by atoms with van der Waals surface area (Å²) in [5.41, 5.74) is 2.00. The summed E-state index contributed by atoms with van der Waals surface area (Å²) in [6.45, 7) is 4.68. The van der Waals surface area contributed by atoms with Gasteiger partial charge in [0.05, 0.1) is 0 Å². The molecule has 2 N–H and O–H groups in total. The molecule has 0 saturated carbocycles. The van der Waals surface area contributed by atoms with Crippen LogP contribution in [0.3, 0.4) is 0 Å². The van der Waals surface area contributed by atoms with Gasteiger partial charge in [0, 0.05) is 16.7 Å². The molecule has 2 rings (SSSR count). The van der Waals surface area contributed by atoms with Gasteiger partial charge in [-0.2, -0.15) is 15.0 Å². The summed E-state index contributed by atoms with van der Waals surface area (Å²) >= 11 is 9.29. The Balaban J connectivity index is 2.27. The number of nitrogens with zero attached hydrogens (tertiary/aromatic N) is 3. The highest BCUT2D eigenvalue weighted by atomic mass is 79.9. The molecule has 0 radical (unpaired) electrons. The van der Waals surface area contributed by atoms with Crippen molar-refractivity contribution in [3.05, 3.63) is 33.5 Å². The average molecular weight is 343 g/mol. The van der Waals surface area contributed by atoms with Crippen molar-refractivity contribution < 1.29 is 0 Å². The first-order valence-corrected chi connectivity index (χ1v) is 6.94. The molecule has 0 bridgehead atoms. The van der Waals surface area contributed by atoms with E-state index in [4.69, 9.17) is 11.6 Å². The third kappa shape index (κ3) is 3.78. The number of aryl methyl sites for hydroxylation is 1. The zero-order valence-electron chi connectivity index (χ0n) is 10.5. The fraction of sp³-hybridized carbons (Fsp3) is 0.250. The summed E-state index contributed by atoms with van der Waals surface area (Å²) < 4.78 is 1.03. The van der Waals surface area contributed by atoms with Gasteiger partial charge in [-0.3, -0.25) is 0 Å². The summed E-state index contributed by atoms with van der Waals surface area (Å²) in [4.78, 5) is 12.3. The van der Waals surface area contributed by atoms with E-state index in [2.05, 4.69) is 41.5 Å². The summed E-state index contributed by atoms with van der Waals surface area (Å²) in [6, 6.07) is 5.91. The minimum absolute atomic E-state index is 0.156. The normalized spacial score (nSPS) is 10.3. The molecule has 2 aromatic rings. The second kappa shape index (κ2) is 6.16. The minimum Gasteiger partial charge on any atom is -0.354 e. The van der Waals surface area contributed by atoms with Crippen LogP contribution in [-0.4, -0.2) is 21.5 Å². The molecule has 100 valence electrons. The zero-order chi connectivity index (χ0) is 13.8. The lowest BCUT2D eigenvalue weighted by molar-refractivity contribution is 1.02. The number of hydrogen-bond donors (Lipinski definition) is 2. The maximum Gasteiger partial charge on any atom is 0.233 e. The Labute approximate surface area is 125 Å². The van der Waals surface area contributed by atoms with Gasteiger partial charge in [-0.1, -0.05) is 15.9 Å². The highest BCUT2D eigenvalue weighted by Gasteiger charge is 2.06. The van der Waals surface area contributed by atoms with Crippen LogP contribution in [0.1, 0.15) is 12.5 Å². The van der Waals surface area contributed by atoms with Crippen LogP contribution in [0.2, 0.25) is 5.28 Å². The second-order valence-corrected chi connectivity index (χ2v) is 5.12. The summed E-state index contributed by atoms with van der Waals surface area (Å²) in [7, 11) is 0. The van der Waals surface area contributed by atoms with Crippen LogP contribution in [0.25, 0.3) is 0 Å². The lowest BCUT2D eigenvalue weighted by Crippen LogP contribution is -2.06. The second-order valence-electron chi connectivity index (χ2n) is 3.87. The maximum absolute atomic E-state index is 5.87. The Hall–Kier alpha value is -1.40. The highest BCUT2D eigenvalue weighted by molar-refractivity contribution is 9.10. The molecule has 1 aromatic carbocycles. The fourth-order valence-electron chi connectivity index (χ4n) is 1.53. The van der Waals surface area contributed by atoms with Gasteiger partial charge in [0.15, 0.2) is 0 Å². The monoisotopic (exact) mass is 341 g/mol. The van der Waals surface area contributed by atoms with Gasteiger partial charge in [-0.05, 0) is 49.2 Å². The van der Waals surface area contributed by atoms with Gasteiger partial charge >= 0.3 is 0 Å². The van der Waals surface area contributed by atoms with E-state index in [-0.39, 0.29) is 5.28 Å². The molecule has 0 spiro atoms. The molecule has 0 saturated heterocycles. The number of halogens is 2. The van der Waals surface area contributed by atoms with Crippen molar-refractivity contribution in [2.75, 3.05) is 17.2 Å². The van der Waals surface area contributed by atoms with Crippen molar-refractivity contribution >= 4 is 45.1 Å². The van der Waals surface area contributed by atoms with Crippen LogP contribution in [0.5, 0.6) is 0 Å². The predicted octanol–water partition coefficient (Wildman–Crippen LogP) is 3.77. The van der Waals surface area contributed by atoms with Gasteiger partial charge in [-0.25, -0.2) is 0 Å². The molecule has 1 heterocycles.